The van der Waals surface area contributed by atoms with Crippen molar-refractivity contribution in [1.82, 2.24) is 15.5 Å². The lowest BCUT2D eigenvalue weighted by Gasteiger charge is -2.19. The fourth-order valence-corrected chi connectivity index (χ4v) is 3.21. The Kier molecular flexibility index (Phi) is 9.03. The van der Waals surface area contributed by atoms with E-state index in [9.17, 15) is 0 Å². The third-order valence-corrected chi connectivity index (χ3v) is 4.81. The molecule has 25 heavy (non-hydrogen) atoms. The van der Waals surface area contributed by atoms with Gasteiger partial charge < -0.3 is 10.6 Å². The van der Waals surface area contributed by atoms with Crippen LogP contribution in [0.25, 0.3) is 0 Å². The number of nitrogens with one attached hydrogen (secondary N) is 2. The third-order valence-electron chi connectivity index (χ3n) is 4.81. The lowest BCUT2D eigenvalue weighted by atomic mass is 10.1. The van der Waals surface area contributed by atoms with Crippen molar-refractivity contribution in [3.8, 4) is 0 Å². The second-order valence-corrected chi connectivity index (χ2v) is 7.12. The average molecular weight is 456 g/mol. The molecule has 1 saturated carbocycles. The molecule has 0 unspecified atom stereocenters. The van der Waals surface area contributed by atoms with Gasteiger partial charge in [0.2, 0.25) is 0 Å². The minimum Gasteiger partial charge on any atom is -0.357 e. The van der Waals surface area contributed by atoms with Gasteiger partial charge in [0.1, 0.15) is 0 Å². The normalized spacial score (nSPS) is 19.0. The quantitative estimate of drug-likeness (QED) is 0.388. The van der Waals surface area contributed by atoms with Gasteiger partial charge in [-0.3, -0.25) is 4.90 Å². The van der Waals surface area contributed by atoms with E-state index in [4.69, 9.17) is 4.99 Å². The van der Waals surface area contributed by atoms with Crippen LogP contribution in [0.4, 0.5) is 0 Å². The van der Waals surface area contributed by atoms with Crippen molar-refractivity contribution in [3.63, 3.8) is 0 Å². The molecule has 2 fully saturated rings. The number of benzene rings is 1. The Morgan fingerprint density at radius 2 is 1.68 bits per heavy atom. The molecule has 1 aliphatic heterocycles. The first-order chi connectivity index (χ1) is 11.8. The van der Waals surface area contributed by atoms with Gasteiger partial charge in [-0.2, -0.15) is 0 Å². The molecule has 1 aromatic rings. The molecule has 3 rings (SSSR count). The summed E-state index contributed by atoms with van der Waals surface area (Å²) >= 11 is 0. The molecular weight excluding hydrogens is 423 g/mol. The van der Waals surface area contributed by atoms with Gasteiger partial charge >= 0.3 is 0 Å². The molecule has 140 valence electrons. The first-order valence-electron chi connectivity index (χ1n) is 9.68. The number of aliphatic imine (C=N–C) groups is 1. The van der Waals surface area contributed by atoms with E-state index < -0.39 is 0 Å². The monoisotopic (exact) mass is 456 g/mol. The Labute approximate surface area is 169 Å². The summed E-state index contributed by atoms with van der Waals surface area (Å²) in [4.78, 5) is 7.31. The van der Waals surface area contributed by atoms with Crippen LogP contribution in [0.3, 0.4) is 0 Å². The van der Waals surface area contributed by atoms with Crippen molar-refractivity contribution in [3.05, 3.63) is 35.4 Å². The summed E-state index contributed by atoms with van der Waals surface area (Å²) in [6.45, 7) is 7.37. The van der Waals surface area contributed by atoms with E-state index in [0.29, 0.717) is 6.04 Å². The number of likely N-dealkylation sites (tertiary alicyclic amines) is 1. The average Bonchev–Trinajstić information content (AvgIpc) is 3.42. The number of halogens is 1. The SMILES string of the molecule is CCNC(=NCc1ccc(CN2CCCCCC2)cc1)NC1CC1.I. The predicted molar refractivity (Wildman–Crippen MR) is 117 cm³/mol. The maximum absolute atomic E-state index is 4.71. The van der Waals surface area contributed by atoms with Gasteiger partial charge in [-0.05, 0) is 56.8 Å². The Morgan fingerprint density at radius 3 is 2.28 bits per heavy atom. The molecule has 0 atom stereocenters. The van der Waals surface area contributed by atoms with Crippen LogP contribution >= 0.6 is 24.0 Å². The zero-order chi connectivity index (χ0) is 16.6. The molecule has 1 heterocycles. The predicted octanol–water partition coefficient (Wildman–Crippen LogP) is 3.90. The fourth-order valence-electron chi connectivity index (χ4n) is 3.21. The van der Waals surface area contributed by atoms with Gasteiger partial charge in [-0.15, -0.1) is 24.0 Å². The van der Waals surface area contributed by atoms with Gasteiger partial charge in [0.15, 0.2) is 5.96 Å². The van der Waals surface area contributed by atoms with Crippen LogP contribution in [0.15, 0.2) is 29.3 Å². The van der Waals surface area contributed by atoms with Crippen molar-refractivity contribution in [2.45, 2.75) is 64.6 Å². The van der Waals surface area contributed by atoms with Crippen LogP contribution in [-0.2, 0) is 13.1 Å². The minimum atomic E-state index is 0. The lowest BCUT2D eigenvalue weighted by molar-refractivity contribution is 0.277. The molecule has 5 heteroatoms. The van der Waals surface area contributed by atoms with Crippen molar-refractivity contribution < 1.29 is 0 Å². The standard InChI is InChI=1S/C20H32N4.HI/c1-2-21-20(23-19-11-12-19)22-15-17-7-9-18(10-8-17)16-24-13-5-3-4-6-14-24;/h7-10,19H,2-6,11-16H2,1H3,(H2,21,22,23);1H. The van der Waals surface area contributed by atoms with Gasteiger partial charge in [0.25, 0.3) is 0 Å². The van der Waals surface area contributed by atoms with Gasteiger partial charge in [-0.1, -0.05) is 37.1 Å². The highest BCUT2D eigenvalue weighted by Crippen LogP contribution is 2.18. The van der Waals surface area contributed by atoms with Crippen molar-refractivity contribution >= 4 is 29.9 Å². The maximum atomic E-state index is 4.71. The first kappa shape index (κ1) is 20.5. The number of rotatable bonds is 6. The summed E-state index contributed by atoms with van der Waals surface area (Å²) in [5.74, 6) is 0.952. The van der Waals surface area contributed by atoms with Crippen LogP contribution in [0.5, 0.6) is 0 Å². The molecule has 2 N–H and O–H groups in total. The summed E-state index contributed by atoms with van der Waals surface area (Å²) < 4.78 is 0. The van der Waals surface area contributed by atoms with E-state index in [1.807, 2.05) is 0 Å². The molecule has 0 radical (unpaired) electrons. The highest BCUT2D eigenvalue weighted by molar-refractivity contribution is 14.0. The Morgan fingerprint density at radius 1 is 1.04 bits per heavy atom. The van der Waals surface area contributed by atoms with E-state index in [-0.39, 0.29) is 24.0 Å². The highest BCUT2D eigenvalue weighted by atomic mass is 127. The Hall–Kier alpha value is -0.820. The van der Waals surface area contributed by atoms with Gasteiger partial charge in [0.05, 0.1) is 6.54 Å². The zero-order valence-corrected chi connectivity index (χ0v) is 17.8. The summed E-state index contributed by atoms with van der Waals surface area (Å²) in [5.41, 5.74) is 2.70. The van der Waals surface area contributed by atoms with Crippen LogP contribution < -0.4 is 10.6 Å². The summed E-state index contributed by atoms with van der Waals surface area (Å²) in [6, 6.07) is 9.65. The van der Waals surface area contributed by atoms with Crippen molar-refractivity contribution in [2.24, 2.45) is 4.99 Å². The van der Waals surface area contributed by atoms with E-state index in [2.05, 4.69) is 46.7 Å². The molecular formula is C20H33IN4. The largest absolute Gasteiger partial charge is 0.357 e. The molecule has 4 nitrogen and oxygen atoms in total. The summed E-state index contributed by atoms with van der Waals surface area (Å²) in [6.07, 6.45) is 8.06. The molecule has 0 aromatic heterocycles. The summed E-state index contributed by atoms with van der Waals surface area (Å²) in [7, 11) is 0. The van der Waals surface area contributed by atoms with E-state index in [0.717, 1.165) is 25.6 Å². The second-order valence-electron chi connectivity index (χ2n) is 7.12. The topological polar surface area (TPSA) is 39.7 Å². The number of nitrogens with zero attached hydrogens (tertiary/aromatic N) is 2. The Balaban J connectivity index is 0.00000225. The van der Waals surface area contributed by atoms with Crippen LogP contribution in [0.1, 0.15) is 56.6 Å². The van der Waals surface area contributed by atoms with E-state index >= 15 is 0 Å². The zero-order valence-electron chi connectivity index (χ0n) is 15.5. The van der Waals surface area contributed by atoms with Gasteiger partial charge in [-0.25, -0.2) is 4.99 Å². The van der Waals surface area contributed by atoms with Crippen molar-refractivity contribution in [1.29, 1.82) is 0 Å². The van der Waals surface area contributed by atoms with Crippen LogP contribution in [0.2, 0.25) is 0 Å². The third kappa shape index (κ3) is 7.52. The first-order valence-corrected chi connectivity index (χ1v) is 9.68. The van der Waals surface area contributed by atoms with E-state index in [1.165, 1.54) is 62.7 Å². The Bertz CT molecular complexity index is 517. The molecule has 0 amide bonds. The molecule has 1 aromatic carbocycles. The fraction of sp³-hybridized carbons (Fsp3) is 0.650. The molecule has 1 aliphatic carbocycles. The number of hydrogen-bond acceptors (Lipinski definition) is 2. The minimum absolute atomic E-state index is 0. The summed E-state index contributed by atoms with van der Waals surface area (Å²) in [5, 5.41) is 6.79. The maximum Gasteiger partial charge on any atom is 0.191 e. The highest BCUT2D eigenvalue weighted by Gasteiger charge is 2.22. The van der Waals surface area contributed by atoms with Crippen molar-refractivity contribution in [2.75, 3.05) is 19.6 Å². The second kappa shape index (κ2) is 11.0. The number of guanidine groups is 1. The molecule has 1 saturated heterocycles. The number of hydrogen-bond donors (Lipinski definition) is 2. The molecule has 0 spiro atoms. The van der Waals surface area contributed by atoms with Crippen LogP contribution in [0, 0.1) is 0 Å². The van der Waals surface area contributed by atoms with E-state index in [1.54, 1.807) is 0 Å². The van der Waals surface area contributed by atoms with Crippen LogP contribution in [-0.4, -0.2) is 36.5 Å². The molecule has 0 bridgehead atoms. The molecule has 2 aliphatic rings. The lowest BCUT2D eigenvalue weighted by Crippen LogP contribution is -2.38. The smallest absolute Gasteiger partial charge is 0.191 e. The van der Waals surface area contributed by atoms with Gasteiger partial charge in [0, 0.05) is 19.1 Å².